The molecule has 0 fully saturated rings. The minimum absolute atomic E-state index is 0.0671. The van der Waals surface area contributed by atoms with E-state index in [1.165, 1.54) is 5.56 Å². The maximum Gasteiger partial charge on any atom is 0.218 e. The summed E-state index contributed by atoms with van der Waals surface area (Å²) in [6.45, 7) is 0.574. The summed E-state index contributed by atoms with van der Waals surface area (Å²) in [5, 5.41) is 0.671. The van der Waals surface area contributed by atoms with E-state index in [9.17, 15) is 0 Å². The molecule has 0 radical (unpaired) electrons. The van der Waals surface area contributed by atoms with Crippen molar-refractivity contribution in [2.75, 3.05) is 6.61 Å². The number of hydrogen-bond donors (Lipinski definition) is 0. The van der Waals surface area contributed by atoms with Crippen molar-refractivity contribution in [2.24, 2.45) is 4.99 Å². The summed E-state index contributed by atoms with van der Waals surface area (Å²) < 4.78 is 5.65. The zero-order valence-corrected chi connectivity index (χ0v) is 10.5. The SMILES string of the molecule is Clc1ccccc1C1=NC(c2ccccc2)CO1. The molecule has 1 heterocycles. The molecule has 1 unspecified atom stereocenters. The molecule has 0 saturated carbocycles. The second-order valence-electron chi connectivity index (χ2n) is 4.15. The predicted octanol–water partition coefficient (Wildman–Crippen LogP) is 3.86. The van der Waals surface area contributed by atoms with E-state index in [2.05, 4.69) is 17.1 Å². The molecule has 18 heavy (non-hydrogen) atoms. The summed E-state index contributed by atoms with van der Waals surface area (Å²) in [5.41, 5.74) is 2.03. The van der Waals surface area contributed by atoms with Crippen LogP contribution in [-0.4, -0.2) is 12.5 Å². The standard InChI is InChI=1S/C15H12ClNO/c16-13-9-5-4-8-12(13)15-17-14(10-18-15)11-6-2-1-3-7-11/h1-9,14H,10H2. The third-order valence-corrected chi connectivity index (χ3v) is 3.27. The maximum atomic E-state index is 6.14. The Kier molecular flexibility index (Phi) is 3.03. The molecule has 2 aromatic carbocycles. The molecule has 1 aliphatic rings. The first kappa shape index (κ1) is 11.3. The van der Waals surface area contributed by atoms with Crippen LogP contribution in [0.25, 0.3) is 0 Å². The normalized spacial score (nSPS) is 18.3. The van der Waals surface area contributed by atoms with Gasteiger partial charge in [0.2, 0.25) is 5.90 Å². The highest BCUT2D eigenvalue weighted by Crippen LogP contribution is 2.27. The molecule has 1 atom stereocenters. The van der Waals surface area contributed by atoms with E-state index in [1.54, 1.807) is 0 Å². The Morgan fingerprint density at radius 2 is 1.72 bits per heavy atom. The quantitative estimate of drug-likeness (QED) is 0.801. The molecule has 1 aliphatic heterocycles. The summed E-state index contributed by atoms with van der Waals surface area (Å²) in [4.78, 5) is 4.60. The van der Waals surface area contributed by atoms with Crippen molar-refractivity contribution in [3.05, 3.63) is 70.7 Å². The van der Waals surface area contributed by atoms with Crippen LogP contribution in [0.1, 0.15) is 17.2 Å². The van der Waals surface area contributed by atoms with E-state index in [-0.39, 0.29) is 6.04 Å². The van der Waals surface area contributed by atoms with Crippen molar-refractivity contribution in [3.63, 3.8) is 0 Å². The fourth-order valence-corrected chi connectivity index (χ4v) is 2.22. The smallest absolute Gasteiger partial charge is 0.218 e. The van der Waals surface area contributed by atoms with Gasteiger partial charge in [-0.15, -0.1) is 0 Å². The molecule has 90 valence electrons. The van der Waals surface area contributed by atoms with Crippen molar-refractivity contribution in [1.29, 1.82) is 0 Å². The number of aliphatic imine (C=N–C) groups is 1. The van der Waals surface area contributed by atoms with Crippen LogP contribution in [-0.2, 0) is 4.74 Å². The lowest BCUT2D eigenvalue weighted by atomic mass is 10.1. The fraction of sp³-hybridized carbons (Fsp3) is 0.133. The van der Waals surface area contributed by atoms with Crippen molar-refractivity contribution in [2.45, 2.75) is 6.04 Å². The van der Waals surface area contributed by atoms with Gasteiger partial charge in [0.25, 0.3) is 0 Å². The molecule has 0 aromatic heterocycles. The van der Waals surface area contributed by atoms with Gasteiger partial charge in [0.05, 0.1) is 10.6 Å². The average molecular weight is 258 g/mol. The van der Waals surface area contributed by atoms with Crippen LogP contribution in [0, 0.1) is 0 Å². The van der Waals surface area contributed by atoms with Gasteiger partial charge in [0.15, 0.2) is 0 Å². The number of hydrogen-bond acceptors (Lipinski definition) is 2. The monoisotopic (exact) mass is 257 g/mol. The van der Waals surface area contributed by atoms with Crippen molar-refractivity contribution >= 4 is 17.5 Å². The van der Waals surface area contributed by atoms with Crippen LogP contribution in [0.5, 0.6) is 0 Å². The van der Waals surface area contributed by atoms with Crippen molar-refractivity contribution in [3.8, 4) is 0 Å². The van der Waals surface area contributed by atoms with Crippen molar-refractivity contribution < 1.29 is 4.74 Å². The molecule has 0 bridgehead atoms. The van der Waals surface area contributed by atoms with Crippen LogP contribution >= 0.6 is 11.6 Å². The Bertz CT molecular complexity index is 580. The van der Waals surface area contributed by atoms with Gasteiger partial charge in [-0.25, -0.2) is 4.99 Å². The Morgan fingerprint density at radius 1 is 1.00 bits per heavy atom. The zero-order valence-electron chi connectivity index (χ0n) is 9.71. The Morgan fingerprint density at radius 3 is 2.50 bits per heavy atom. The topological polar surface area (TPSA) is 21.6 Å². The molecule has 2 aromatic rings. The van der Waals surface area contributed by atoms with Crippen LogP contribution in [0.4, 0.5) is 0 Å². The Hall–Kier alpha value is -1.80. The van der Waals surface area contributed by atoms with Gasteiger partial charge >= 0.3 is 0 Å². The highest BCUT2D eigenvalue weighted by Gasteiger charge is 2.22. The summed E-state index contributed by atoms with van der Waals surface area (Å²) in [5.74, 6) is 0.634. The van der Waals surface area contributed by atoms with E-state index < -0.39 is 0 Å². The molecule has 3 heteroatoms. The van der Waals surface area contributed by atoms with Gasteiger partial charge in [-0.3, -0.25) is 0 Å². The third-order valence-electron chi connectivity index (χ3n) is 2.94. The van der Waals surface area contributed by atoms with E-state index in [0.717, 1.165) is 5.56 Å². The van der Waals surface area contributed by atoms with Gasteiger partial charge in [0.1, 0.15) is 12.6 Å². The van der Waals surface area contributed by atoms with Gasteiger partial charge in [-0.1, -0.05) is 54.1 Å². The maximum absolute atomic E-state index is 6.14. The van der Waals surface area contributed by atoms with E-state index in [0.29, 0.717) is 17.5 Å². The van der Waals surface area contributed by atoms with Gasteiger partial charge in [-0.2, -0.15) is 0 Å². The lowest BCUT2D eigenvalue weighted by Crippen LogP contribution is -2.01. The summed E-state index contributed by atoms with van der Waals surface area (Å²) >= 11 is 6.14. The highest BCUT2D eigenvalue weighted by molar-refractivity contribution is 6.33. The Labute approximate surface area is 111 Å². The largest absolute Gasteiger partial charge is 0.475 e. The fourth-order valence-electron chi connectivity index (χ4n) is 2.00. The number of benzene rings is 2. The van der Waals surface area contributed by atoms with E-state index in [1.807, 2.05) is 42.5 Å². The first-order valence-corrected chi connectivity index (χ1v) is 6.23. The first-order chi connectivity index (χ1) is 8.84. The molecular formula is C15H12ClNO. The lowest BCUT2D eigenvalue weighted by molar-refractivity contribution is 0.320. The summed E-state index contributed by atoms with van der Waals surface area (Å²) in [6, 6.07) is 17.8. The van der Waals surface area contributed by atoms with E-state index in [4.69, 9.17) is 16.3 Å². The second kappa shape index (κ2) is 4.83. The first-order valence-electron chi connectivity index (χ1n) is 5.85. The molecule has 2 nitrogen and oxygen atoms in total. The third kappa shape index (κ3) is 2.12. The summed E-state index contributed by atoms with van der Waals surface area (Å²) in [7, 11) is 0. The number of ether oxygens (including phenoxy) is 1. The van der Waals surface area contributed by atoms with Gasteiger partial charge < -0.3 is 4.74 Å². The minimum atomic E-state index is 0.0671. The molecule has 0 spiro atoms. The van der Waals surface area contributed by atoms with Crippen molar-refractivity contribution in [1.82, 2.24) is 0 Å². The predicted molar refractivity (Wildman–Crippen MR) is 73.1 cm³/mol. The number of rotatable bonds is 2. The van der Waals surface area contributed by atoms with Gasteiger partial charge in [-0.05, 0) is 17.7 Å². The molecular weight excluding hydrogens is 246 g/mol. The van der Waals surface area contributed by atoms with E-state index >= 15 is 0 Å². The van der Waals surface area contributed by atoms with Crippen LogP contribution in [0.15, 0.2) is 59.6 Å². The van der Waals surface area contributed by atoms with Gasteiger partial charge in [0, 0.05) is 0 Å². The minimum Gasteiger partial charge on any atom is -0.475 e. The van der Waals surface area contributed by atoms with Crippen LogP contribution < -0.4 is 0 Å². The molecule has 0 aliphatic carbocycles. The molecule has 0 N–H and O–H groups in total. The van der Waals surface area contributed by atoms with Crippen LogP contribution in [0.3, 0.4) is 0 Å². The molecule has 0 amide bonds. The van der Waals surface area contributed by atoms with Crippen LogP contribution in [0.2, 0.25) is 5.02 Å². The number of halogens is 1. The second-order valence-corrected chi connectivity index (χ2v) is 4.56. The molecule has 0 saturated heterocycles. The summed E-state index contributed by atoms with van der Waals surface area (Å²) in [6.07, 6.45) is 0. The lowest BCUT2D eigenvalue weighted by Gasteiger charge is -2.03. The highest BCUT2D eigenvalue weighted by atomic mass is 35.5. The average Bonchev–Trinajstić information content (AvgIpc) is 2.90. The molecule has 3 rings (SSSR count). The zero-order chi connectivity index (χ0) is 12.4. The number of nitrogens with zero attached hydrogens (tertiary/aromatic N) is 1. The Balaban J connectivity index is 1.91.